The minimum Gasteiger partial charge on any atom is -0.445 e. The predicted molar refractivity (Wildman–Crippen MR) is 97.0 cm³/mol. The largest absolute Gasteiger partial charge is 0.445 e. The molecular weight excluding hydrogens is 306 g/mol. The van der Waals surface area contributed by atoms with E-state index in [9.17, 15) is 4.79 Å². The summed E-state index contributed by atoms with van der Waals surface area (Å²) in [6, 6.07) is 9.67. The fourth-order valence-electron chi connectivity index (χ4n) is 1.74. The summed E-state index contributed by atoms with van der Waals surface area (Å²) in [4.78, 5) is 11.6. The maximum atomic E-state index is 11.6. The molecule has 1 aromatic rings. The molecule has 0 aliphatic rings. The lowest BCUT2D eigenvalue weighted by Crippen LogP contribution is -2.41. The molecule has 1 amide bonds. The van der Waals surface area contributed by atoms with Crippen LogP contribution in [0.3, 0.4) is 0 Å². The van der Waals surface area contributed by atoms with Gasteiger partial charge in [-0.2, -0.15) is 0 Å². The number of hydrogen-bond donors (Lipinski definition) is 1. The van der Waals surface area contributed by atoms with Gasteiger partial charge in [0.15, 0.2) is 8.32 Å². The third-order valence-corrected chi connectivity index (χ3v) is 8.86. The summed E-state index contributed by atoms with van der Waals surface area (Å²) < 4.78 is 11.3. The van der Waals surface area contributed by atoms with Crippen molar-refractivity contribution in [2.75, 3.05) is 13.2 Å². The van der Waals surface area contributed by atoms with E-state index in [4.69, 9.17) is 9.16 Å². The fraction of sp³-hybridized carbons (Fsp3) is 0.611. The first-order chi connectivity index (χ1) is 10.7. The lowest BCUT2D eigenvalue weighted by molar-refractivity contribution is 0.139. The highest BCUT2D eigenvalue weighted by Crippen LogP contribution is 2.36. The molecule has 0 heterocycles. The van der Waals surface area contributed by atoms with Gasteiger partial charge in [0.05, 0.1) is 0 Å². The second-order valence-corrected chi connectivity index (χ2v) is 12.1. The van der Waals surface area contributed by atoms with E-state index < -0.39 is 8.32 Å². The van der Waals surface area contributed by atoms with Crippen LogP contribution in [0.2, 0.25) is 18.1 Å². The van der Waals surface area contributed by atoms with Gasteiger partial charge in [-0.1, -0.05) is 51.1 Å². The van der Waals surface area contributed by atoms with E-state index in [1.54, 1.807) is 0 Å². The molecule has 0 atom stereocenters. The molecule has 1 N–H and O–H groups in total. The Morgan fingerprint density at radius 2 is 1.78 bits per heavy atom. The standard InChI is InChI=1S/C18H31NO3Si/c1-18(2,3)23(4,5)22-14-10-9-13-19-17(20)21-15-16-11-7-6-8-12-16/h6-8,11-12H,9-10,13-15H2,1-5H3,(H,19,20). The van der Waals surface area contributed by atoms with Gasteiger partial charge in [-0.25, -0.2) is 4.79 Å². The van der Waals surface area contributed by atoms with E-state index in [-0.39, 0.29) is 11.1 Å². The van der Waals surface area contributed by atoms with Crippen molar-refractivity contribution in [1.29, 1.82) is 0 Å². The lowest BCUT2D eigenvalue weighted by Gasteiger charge is -2.36. The van der Waals surface area contributed by atoms with Gasteiger partial charge in [-0.3, -0.25) is 0 Å². The van der Waals surface area contributed by atoms with E-state index in [0.29, 0.717) is 13.2 Å². The summed E-state index contributed by atoms with van der Waals surface area (Å²) in [7, 11) is -1.65. The second kappa shape index (κ2) is 9.08. The Balaban J connectivity index is 2.08. The molecule has 0 saturated carbocycles. The van der Waals surface area contributed by atoms with Crippen LogP contribution in [-0.2, 0) is 15.8 Å². The highest BCUT2D eigenvalue weighted by atomic mass is 28.4. The van der Waals surface area contributed by atoms with Crippen LogP contribution in [0.25, 0.3) is 0 Å². The molecule has 0 aliphatic carbocycles. The highest BCUT2D eigenvalue weighted by Gasteiger charge is 2.36. The minimum atomic E-state index is -1.65. The molecule has 0 bridgehead atoms. The fourth-order valence-corrected chi connectivity index (χ4v) is 2.82. The van der Waals surface area contributed by atoms with Crippen LogP contribution in [0, 0.1) is 0 Å². The van der Waals surface area contributed by atoms with Crippen molar-refractivity contribution in [3.05, 3.63) is 35.9 Å². The van der Waals surface area contributed by atoms with Gasteiger partial charge in [-0.05, 0) is 36.5 Å². The van der Waals surface area contributed by atoms with Crippen molar-refractivity contribution in [3.63, 3.8) is 0 Å². The second-order valence-electron chi connectivity index (χ2n) is 7.30. The van der Waals surface area contributed by atoms with Gasteiger partial charge >= 0.3 is 6.09 Å². The molecular formula is C18H31NO3Si. The number of unbranched alkanes of at least 4 members (excludes halogenated alkanes) is 1. The summed E-state index contributed by atoms with van der Waals surface area (Å²) in [6.45, 7) is 12.9. The third-order valence-electron chi connectivity index (χ3n) is 4.32. The van der Waals surface area contributed by atoms with E-state index in [0.717, 1.165) is 25.0 Å². The summed E-state index contributed by atoms with van der Waals surface area (Å²) >= 11 is 0. The van der Waals surface area contributed by atoms with E-state index in [2.05, 4.69) is 39.2 Å². The number of ether oxygens (including phenoxy) is 1. The molecule has 0 unspecified atom stereocenters. The topological polar surface area (TPSA) is 47.6 Å². The zero-order chi connectivity index (χ0) is 17.3. The number of benzene rings is 1. The van der Waals surface area contributed by atoms with Crippen LogP contribution in [0.1, 0.15) is 39.2 Å². The Kier molecular flexibility index (Phi) is 7.78. The molecule has 4 nitrogen and oxygen atoms in total. The normalized spacial score (nSPS) is 12.0. The minimum absolute atomic E-state index is 0.243. The zero-order valence-electron chi connectivity index (χ0n) is 15.1. The van der Waals surface area contributed by atoms with Crippen LogP contribution in [0.5, 0.6) is 0 Å². The Labute approximate surface area is 141 Å². The van der Waals surface area contributed by atoms with Gasteiger partial charge in [0.25, 0.3) is 0 Å². The van der Waals surface area contributed by atoms with Crippen molar-refractivity contribution in [1.82, 2.24) is 5.32 Å². The van der Waals surface area contributed by atoms with Gasteiger partial charge in [0, 0.05) is 13.2 Å². The number of nitrogens with one attached hydrogen (secondary N) is 1. The summed E-state index contributed by atoms with van der Waals surface area (Å²) in [6.07, 6.45) is 1.49. The molecule has 0 aromatic heterocycles. The highest BCUT2D eigenvalue weighted by molar-refractivity contribution is 6.74. The zero-order valence-corrected chi connectivity index (χ0v) is 16.1. The number of carbonyl (C=O) groups excluding carboxylic acids is 1. The first-order valence-corrected chi connectivity index (χ1v) is 11.2. The molecule has 23 heavy (non-hydrogen) atoms. The number of amides is 1. The molecule has 0 saturated heterocycles. The maximum absolute atomic E-state index is 11.6. The summed E-state index contributed by atoms with van der Waals surface area (Å²) in [5, 5.41) is 3.02. The van der Waals surface area contributed by atoms with Crippen molar-refractivity contribution in [2.45, 2.75) is 58.4 Å². The molecule has 1 rings (SSSR count). The predicted octanol–water partition coefficient (Wildman–Crippen LogP) is 4.71. The van der Waals surface area contributed by atoms with Gasteiger partial charge in [0.1, 0.15) is 6.61 Å². The van der Waals surface area contributed by atoms with Crippen LogP contribution in [-0.4, -0.2) is 27.6 Å². The number of alkyl carbamates (subject to hydrolysis) is 1. The van der Waals surface area contributed by atoms with Crippen molar-refractivity contribution < 1.29 is 14.0 Å². The number of hydrogen-bond acceptors (Lipinski definition) is 3. The molecule has 0 aliphatic heterocycles. The Hall–Kier alpha value is -1.33. The van der Waals surface area contributed by atoms with Crippen LogP contribution < -0.4 is 5.32 Å². The van der Waals surface area contributed by atoms with Crippen LogP contribution in [0.15, 0.2) is 30.3 Å². The first kappa shape index (κ1) is 19.7. The molecule has 0 fully saturated rings. The summed E-state index contributed by atoms with van der Waals surface area (Å²) in [5.74, 6) is 0. The molecule has 0 spiro atoms. The Morgan fingerprint density at radius 1 is 1.13 bits per heavy atom. The molecule has 5 heteroatoms. The SMILES string of the molecule is CC(C)(C)[Si](C)(C)OCCCCNC(=O)OCc1ccccc1. The lowest BCUT2D eigenvalue weighted by atomic mass is 10.2. The monoisotopic (exact) mass is 337 g/mol. The third kappa shape index (κ3) is 7.66. The van der Waals surface area contributed by atoms with Crippen LogP contribution in [0.4, 0.5) is 4.79 Å². The van der Waals surface area contributed by atoms with E-state index in [1.165, 1.54) is 0 Å². The van der Waals surface area contributed by atoms with E-state index >= 15 is 0 Å². The molecule has 1 aromatic carbocycles. The van der Waals surface area contributed by atoms with Crippen LogP contribution >= 0.6 is 0 Å². The van der Waals surface area contributed by atoms with E-state index in [1.807, 2.05) is 30.3 Å². The van der Waals surface area contributed by atoms with Gasteiger partial charge in [0.2, 0.25) is 0 Å². The average molecular weight is 338 g/mol. The summed E-state index contributed by atoms with van der Waals surface area (Å²) in [5.41, 5.74) is 0.991. The quantitative estimate of drug-likeness (QED) is 0.552. The average Bonchev–Trinajstić information content (AvgIpc) is 2.48. The van der Waals surface area contributed by atoms with Gasteiger partial charge in [-0.15, -0.1) is 0 Å². The van der Waals surface area contributed by atoms with Gasteiger partial charge < -0.3 is 14.5 Å². The molecule has 130 valence electrons. The Morgan fingerprint density at radius 3 is 2.39 bits per heavy atom. The first-order valence-electron chi connectivity index (χ1n) is 8.31. The van der Waals surface area contributed by atoms with Crippen molar-refractivity contribution >= 4 is 14.4 Å². The molecule has 0 radical (unpaired) electrons. The number of rotatable bonds is 8. The van der Waals surface area contributed by atoms with Crippen molar-refractivity contribution in [3.8, 4) is 0 Å². The Bertz CT molecular complexity index is 469. The smallest absolute Gasteiger partial charge is 0.407 e. The maximum Gasteiger partial charge on any atom is 0.407 e. The number of carbonyl (C=O) groups is 1. The van der Waals surface area contributed by atoms with Crippen molar-refractivity contribution in [2.24, 2.45) is 0 Å².